The SMILES string of the molecule is N#CC1(NC(=O)[C@H](CS(=O)(=O)Cc2ccccc2OC(F)F)N(CC(F)(F)F)c2cccs2)CC1. The molecule has 1 amide bonds. The first kappa shape index (κ1) is 26.7. The van der Waals surface area contributed by atoms with Gasteiger partial charge in [-0.25, -0.2) is 8.42 Å². The number of benzene rings is 1. The number of rotatable bonds is 11. The summed E-state index contributed by atoms with van der Waals surface area (Å²) in [6.45, 7) is -4.84. The Bertz CT molecular complexity index is 1180. The number of nitriles is 1. The molecule has 1 saturated carbocycles. The number of amides is 1. The second-order valence-corrected chi connectivity index (χ2v) is 11.0. The highest BCUT2D eigenvalue weighted by atomic mass is 32.2. The molecule has 35 heavy (non-hydrogen) atoms. The van der Waals surface area contributed by atoms with E-state index in [1.165, 1.54) is 35.7 Å². The van der Waals surface area contributed by atoms with Crippen molar-refractivity contribution in [2.45, 2.75) is 43.0 Å². The lowest BCUT2D eigenvalue weighted by molar-refractivity contribution is -0.127. The van der Waals surface area contributed by atoms with Crippen LogP contribution in [0.2, 0.25) is 0 Å². The average Bonchev–Trinajstić information content (AvgIpc) is 3.30. The van der Waals surface area contributed by atoms with Gasteiger partial charge in [0.1, 0.15) is 23.9 Å². The van der Waals surface area contributed by atoms with Gasteiger partial charge in [0, 0.05) is 5.56 Å². The summed E-state index contributed by atoms with van der Waals surface area (Å²) >= 11 is 0.879. The minimum atomic E-state index is -4.78. The number of alkyl halides is 5. The number of anilines is 1. The van der Waals surface area contributed by atoms with Gasteiger partial charge in [-0.15, -0.1) is 11.3 Å². The normalized spacial score (nSPS) is 15.8. The lowest BCUT2D eigenvalue weighted by atomic mass is 10.2. The van der Waals surface area contributed by atoms with E-state index in [1.54, 1.807) is 0 Å². The van der Waals surface area contributed by atoms with Crippen molar-refractivity contribution in [3.05, 3.63) is 47.3 Å². The second kappa shape index (κ2) is 10.4. The summed E-state index contributed by atoms with van der Waals surface area (Å²) in [4.78, 5) is 13.7. The predicted octanol–water partition coefficient (Wildman–Crippen LogP) is 3.87. The minimum absolute atomic E-state index is 0.000846. The van der Waals surface area contributed by atoms with Crippen molar-refractivity contribution in [3.8, 4) is 11.8 Å². The quantitative estimate of drug-likeness (QED) is 0.437. The molecule has 1 aliphatic carbocycles. The summed E-state index contributed by atoms with van der Waals surface area (Å²) in [5, 5.41) is 13.1. The van der Waals surface area contributed by atoms with Crippen molar-refractivity contribution in [2.24, 2.45) is 0 Å². The van der Waals surface area contributed by atoms with Crippen LogP contribution in [0.4, 0.5) is 27.0 Å². The molecule has 190 valence electrons. The highest BCUT2D eigenvalue weighted by Gasteiger charge is 2.48. The third kappa shape index (κ3) is 7.53. The van der Waals surface area contributed by atoms with E-state index in [0.29, 0.717) is 4.90 Å². The van der Waals surface area contributed by atoms with E-state index in [0.717, 1.165) is 17.4 Å². The molecular formula is C21H20F5N3O4S2. The number of hydrogen-bond acceptors (Lipinski definition) is 7. The van der Waals surface area contributed by atoms with Crippen molar-refractivity contribution in [3.63, 3.8) is 0 Å². The van der Waals surface area contributed by atoms with Gasteiger partial charge in [0.2, 0.25) is 5.91 Å². The van der Waals surface area contributed by atoms with Crippen LogP contribution >= 0.6 is 11.3 Å². The Kier molecular flexibility index (Phi) is 7.90. The van der Waals surface area contributed by atoms with Crippen LogP contribution in [-0.4, -0.2) is 51.0 Å². The van der Waals surface area contributed by atoms with Gasteiger partial charge in [0.15, 0.2) is 9.84 Å². The van der Waals surface area contributed by atoms with Gasteiger partial charge in [0.25, 0.3) is 0 Å². The van der Waals surface area contributed by atoms with Gasteiger partial charge in [-0.2, -0.15) is 27.2 Å². The Morgan fingerprint density at radius 3 is 2.46 bits per heavy atom. The van der Waals surface area contributed by atoms with Gasteiger partial charge in [-0.05, 0) is 36.4 Å². The van der Waals surface area contributed by atoms with Gasteiger partial charge in [0.05, 0.1) is 22.6 Å². The molecule has 0 bridgehead atoms. The molecule has 0 unspecified atom stereocenters. The lowest BCUT2D eigenvalue weighted by Gasteiger charge is -2.32. The molecule has 1 aliphatic rings. The third-order valence-corrected chi connectivity index (χ3v) is 7.60. The van der Waals surface area contributed by atoms with E-state index in [1.807, 2.05) is 6.07 Å². The smallest absolute Gasteiger partial charge is 0.405 e. The number of hydrogen-bond donors (Lipinski definition) is 1. The van der Waals surface area contributed by atoms with Crippen LogP contribution < -0.4 is 15.0 Å². The molecule has 1 aromatic heterocycles. The summed E-state index contributed by atoms with van der Waals surface area (Å²) in [7, 11) is -4.34. The largest absolute Gasteiger partial charge is 0.435 e. The number of nitrogens with one attached hydrogen (secondary N) is 1. The number of carbonyl (C=O) groups is 1. The zero-order chi connectivity index (χ0) is 25.9. The molecule has 0 aliphatic heterocycles. The zero-order valence-corrected chi connectivity index (χ0v) is 19.6. The number of nitrogens with zero attached hydrogens (tertiary/aromatic N) is 2. The van der Waals surface area contributed by atoms with Crippen molar-refractivity contribution >= 4 is 32.1 Å². The fourth-order valence-electron chi connectivity index (χ4n) is 3.35. The molecule has 2 aromatic rings. The number of thiophene rings is 1. The number of halogens is 5. The maximum atomic E-state index is 13.4. The van der Waals surface area contributed by atoms with Crippen LogP contribution in [0.25, 0.3) is 0 Å². The summed E-state index contributed by atoms with van der Waals surface area (Å²) in [5.74, 6) is -3.37. The maximum absolute atomic E-state index is 13.4. The van der Waals surface area contributed by atoms with Crippen molar-refractivity contribution in [1.29, 1.82) is 5.26 Å². The van der Waals surface area contributed by atoms with Crippen LogP contribution in [0.15, 0.2) is 41.8 Å². The van der Waals surface area contributed by atoms with E-state index < -0.39 is 63.9 Å². The Hall–Kier alpha value is -2.92. The first-order chi connectivity index (χ1) is 16.3. The van der Waals surface area contributed by atoms with E-state index in [2.05, 4.69) is 10.1 Å². The van der Waals surface area contributed by atoms with Gasteiger partial charge in [-0.3, -0.25) is 4.79 Å². The average molecular weight is 538 g/mol. The second-order valence-electron chi connectivity index (χ2n) is 7.93. The summed E-state index contributed by atoms with van der Waals surface area (Å²) in [6.07, 6.45) is -4.22. The molecule has 14 heteroatoms. The standard InChI is InChI=1S/C21H20F5N3O4S2/c22-19(23)33-16-5-2-1-4-14(16)10-35(31,32)11-15(18(30)28-20(12-27)7-8-20)29(13-21(24,25)26)17-6-3-9-34-17/h1-6,9,15,19H,7-8,10-11,13H2,(H,28,30)/t15-/m0/s1. The molecule has 0 spiro atoms. The lowest BCUT2D eigenvalue weighted by Crippen LogP contribution is -2.55. The topological polar surface area (TPSA) is 99.5 Å². The molecule has 0 saturated heterocycles. The van der Waals surface area contributed by atoms with Gasteiger partial charge >= 0.3 is 12.8 Å². The van der Waals surface area contributed by atoms with Gasteiger partial charge in [-0.1, -0.05) is 18.2 Å². The van der Waals surface area contributed by atoms with E-state index in [9.17, 15) is 40.4 Å². The summed E-state index contributed by atoms with van der Waals surface area (Å²) in [5.41, 5.74) is -1.39. The van der Waals surface area contributed by atoms with Crippen LogP contribution in [0.1, 0.15) is 18.4 Å². The highest BCUT2D eigenvalue weighted by Crippen LogP contribution is 2.35. The Balaban J connectivity index is 1.94. The Labute approximate surface area is 202 Å². The predicted molar refractivity (Wildman–Crippen MR) is 118 cm³/mol. The molecule has 1 fully saturated rings. The number of carbonyl (C=O) groups excluding carboxylic acids is 1. The Morgan fingerprint density at radius 2 is 1.91 bits per heavy atom. The van der Waals surface area contributed by atoms with E-state index >= 15 is 0 Å². The molecule has 1 aromatic carbocycles. The molecular weight excluding hydrogens is 517 g/mol. The Morgan fingerprint density at radius 1 is 1.23 bits per heavy atom. The monoisotopic (exact) mass is 537 g/mol. The first-order valence-corrected chi connectivity index (χ1v) is 12.9. The number of sulfone groups is 1. The first-order valence-electron chi connectivity index (χ1n) is 10.2. The van der Waals surface area contributed by atoms with Gasteiger partial charge < -0.3 is 15.0 Å². The molecule has 1 heterocycles. The molecule has 1 atom stereocenters. The third-order valence-electron chi connectivity index (χ3n) is 5.12. The van der Waals surface area contributed by atoms with Crippen LogP contribution in [0.3, 0.4) is 0 Å². The fourth-order valence-corrected chi connectivity index (χ4v) is 5.78. The summed E-state index contributed by atoms with van der Waals surface area (Å²) in [6, 6.07) is 7.90. The molecule has 3 rings (SSSR count). The molecule has 0 radical (unpaired) electrons. The fraction of sp³-hybridized carbons (Fsp3) is 0.429. The molecule has 1 N–H and O–H groups in total. The van der Waals surface area contributed by atoms with Crippen molar-refractivity contribution in [2.75, 3.05) is 17.2 Å². The van der Waals surface area contributed by atoms with Crippen molar-refractivity contribution in [1.82, 2.24) is 5.32 Å². The summed E-state index contributed by atoms with van der Waals surface area (Å²) < 4.78 is 96.1. The van der Waals surface area contributed by atoms with E-state index in [-0.39, 0.29) is 23.4 Å². The zero-order valence-electron chi connectivity index (χ0n) is 18.0. The minimum Gasteiger partial charge on any atom is -0.435 e. The number of para-hydroxylation sites is 1. The highest BCUT2D eigenvalue weighted by molar-refractivity contribution is 7.90. The number of ether oxygens (including phenoxy) is 1. The molecule has 7 nitrogen and oxygen atoms in total. The van der Waals surface area contributed by atoms with Crippen LogP contribution in [0, 0.1) is 11.3 Å². The van der Waals surface area contributed by atoms with Crippen LogP contribution in [-0.2, 0) is 20.4 Å². The van der Waals surface area contributed by atoms with Crippen molar-refractivity contribution < 1.29 is 39.9 Å². The maximum Gasteiger partial charge on any atom is 0.405 e. The van der Waals surface area contributed by atoms with Crippen LogP contribution in [0.5, 0.6) is 5.75 Å². The van der Waals surface area contributed by atoms with E-state index in [4.69, 9.17) is 0 Å².